The van der Waals surface area contributed by atoms with Gasteiger partial charge in [0.15, 0.2) is 0 Å². The van der Waals surface area contributed by atoms with Gasteiger partial charge in [0, 0.05) is 61.9 Å². The van der Waals surface area contributed by atoms with Crippen LogP contribution < -0.4 is 10.6 Å². The summed E-state index contributed by atoms with van der Waals surface area (Å²) in [5.41, 5.74) is 2.75. The quantitative estimate of drug-likeness (QED) is 0.496. The summed E-state index contributed by atoms with van der Waals surface area (Å²) >= 11 is 0. The number of H-pyrrole nitrogens is 1. The van der Waals surface area contributed by atoms with Crippen molar-refractivity contribution in [1.82, 2.24) is 30.3 Å². The van der Waals surface area contributed by atoms with Gasteiger partial charge in [-0.25, -0.2) is 0 Å². The first kappa shape index (κ1) is 25.0. The van der Waals surface area contributed by atoms with E-state index < -0.39 is 5.92 Å². The molecule has 3 amide bonds. The van der Waals surface area contributed by atoms with Crippen molar-refractivity contribution in [2.45, 2.75) is 51.0 Å². The zero-order valence-electron chi connectivity index (χ0n) is 21.4. The molecule has 1 aliphatic heterocycles. The van der Waals surface area contributed by atoms with E-state index in [4.69, 9.17) is 0 Å². The molecule has 1 aliphatic carbocycles. The highest BCUT2D eigenvalue weighted by Gasteiger charge is 2.46. The fraction of sp³-hybridized carbons (Fsp3) is 0.500. The number of aryl methyl sites for hydroxylation is 1. The van der Waals surface area contributed by atoms with Gasteiger partial charge in [-0.1, -0.05) is 31.0 Å². The molecule has 3 N–H and O–H groups in total. The van der Waals surface area contributed by atoms with Gasteiger partial charge in [-0.2, -0.15) is 5.10 Å². The number of para-hydroxylation sites is 1. The molecule has 196 valence electrons. The number of benzene rings is 1. The summed E-state index contributed by atoms with van der Waals surface area (Å²) in [4.78, 5) is 45.2. The molecular weight excluding hydrogens is 468 g/mol. The molecule has 1 saturated heterocycles. The molecule has 1 saturated carbocycles. The Morgan fingerprint density at radius 3 is 2.78 bits per heavy atom. The molecule has 9 nitrogen and oxygen atoms in total. The third kappa shape index (κ3) is 5.40. The summed E-state index contributed by atoms with van der Waals surface area (Å²) in [5, 5.41) is 11.5. The molecule has 2 aromatic heterocycles. The molecule has 2 fully saturated rings. The molecule has 3 aromatic rings. The highest BCUT2D eigenvalue weighted by molar-refractivity contribution is 5.94. The van der Waals surface area contributed by atoms with Crippen LogP contribution >= 0.6 is 0 Å². The molecule has 0 bridgehead atoms. The van der Waals surface area contributed by atoms with Gasteiger partial charge in [-0.15, -0.1) is 0 Å². The molecule has 3 atom stereocenters. The predicted octanol–water partition coefficient (Wildman–Crippen LogP) is 2.79. The second-order valence-corrected chi connectivity index (χ2v) is 10.3. The smallest absolute Gasteiger partial charge is 0.272 e. The Balaban J connectivity index is 1.29. The fourth-order valence-corrected chi connectivity index (χ4v) is 5.91. The van der Waals surface area contributed by atoms with Gasteiger partial charge < -0.3 is 20.5 Å². The number of carbonyl (C=O) groups excluding carboxylic acids is 3. The number of hydrogen-bond acceptors (Lipinski definition) is 4. The number of fused-ring (bicyclic) bond motifs is 2. The maximum Gasteiger partial charge on any atom is 0.272 e. The topological polar surface area (TPSA) is 112 Å². The number of aromatic nitrogens is 3. The highest BCUT2D eigenvalue weighted by Crippen LogP contribution is 2.36. The second kappa shape index (κ2) is 11.2. The lowest BCUT2D eigenvalue weighted by atomic mass is 9.99. The van der Waals surface area contributed by atoms with E-state index in [9.17, 15) is 14.4 Å². The lowest BCUT2D eigenvalue weighted by molar-refractivity contribution is -0.126. The summed E-state index contributed by atoms with van der Waals surface area (Å²) in [6.07, 6.45) is 9.09. The molecule has 0 spiro atoms. The summed E-state index contributed by atoms with van der Waals surface area (Å²) in [5.74, 6) is -0.931. The first-order chi connectivity index (χ1) is 18.0. The van der Waals surface area contributed by atoms with Crippen molar-refractivity contribution in [1.29, 1.82) is 0 Å². The van der Waals surface area contributed by atoms with Crippen LogP contribution in [0, 0.1) is 11.8 Å². The van der Waals surface area contributed by atoms with Crippen LogP contribution in [-0.4, -0.2) is 63.1 Å². The maximum atomic E-state index is 13.6. The third-order valence-electron chi connectivity index (χ3n) is 7.93. The van der Waals surface area contributed by atoms with E-state index in [0.29, 0.717) is 38.2 Å². The highest BCUT2D eigenvalue weighted by atomic mass is 16.2. The lowest BCUT2D eigenvalue weighted by Gasteiger charge is -2.32. The maximum absolute atomic E-state index is 13.6. The number of hydrogen-bond donors (Lipinski definition) is 3. The molecule has 1 aromatic carbocycles. The molecule has 0 unspecified atom stereocenters. The standard InChI is InChI=1S/C28H36N6O3/c1-33-24(11-14-32-33)28(37)34-15-7-3-2-6-12-29-27(36)22-16-20(17-25(22)34)26(35)30-13-10-19-18-31-23-9-5-4-8-21(19)23/h4-5,8-9,11,14,18,20,22,25,31H,2-3,6-7,10,12-13,15-17H2,1H3,(H,29,36)(H,30,35)/t20-,22-,25+/m1/s1. The first-order valence-corrected chi connectivity index (χ1v) is 13.4. The Hall–Kier alpha value is -3.62. The van der Waals surface area contributed by atoms with Crippen molar-refractivity contribution in [3.05, 3.63) is 54.0 Å². The monoisotopic (exact) mass is 504 g/mol. The van der Waals surface area contributed by atoms with Crippen LogP contribution in [0.15, 0.2) is 42.7 Å². The Labute approximate surface area is 217 Å². The Morgan fingerprint density at radius 1 is 1.11 bits per heavy atom. The number of amides is 3. The molecular formula is C28H36N6O3. The largest absolute Gasteiger partial charge is 0.361 e. The van der Waals surface area contributed by atoms with Crippen molar-refractivity contribution >= 4 is 28.6 Å². The normalized spacial score (nSPS) is 22.8. The molecule has 2 aliphatic rings. The minimum atomic E-state index is -0.403. The van der Waals surface area contributed by atoms with Crippen LogP contribution in [0.4, 0.5) is 0 Å². The van der Waals surface area contributed by atoms with Gasteiger partial charge in [0.2, 0.25) is 11.8 Å². The second-order valence-electron chi connectivity index (χ2n) is 10.3. The third-order valence-corrected chi connectivity index (χ3v) is 7.93. The van der Waals surface area contributed by atoms with Crippen LogP contribution in [-0.2, 0) is 23.1 Å². The predicted molar refractivity (Wildman–Crippen MR) is 141 cm³/mol. The fourth-order valence-electron chi connectivity index (χ4n) is 5.91. The zero-order chi connectivity index (χ0) is 25.8. The van der Waals surface area contributed by atoms with Gasteiger partial charge >= 0.3 is 0 Å². The average molecular weight is 505 g/mol. The van der Waals surface area contributed by atoms with Crippen molar-refractivity contribution in [3.8, 4) is 0 Å². The molecule has 5 rings (SSSR count). The van der Waals surface area contributed by atoms with Crippen molar-refractivity contribution < 1.29 is 14.4 Å². The summed E-state index contributed by atoms with van der Waals surface area (Å²) in [7, 11) is 1.75. The summed E-state index contributed by atoms with van der Waals surface area (Å²) in [6, 6.07) is 9.53. The zero-order valence-corrected chi connectivity index (χ0v) is 21.4. The minimum absolute atomic E-state index is 0.0415. The number of rotatable bonds is 5. The first-order valence-electron chi connectivity index (χ1n) is 13.4. The van der Waals surface area contributed by atoms with Crippen LogP contribution in [0.1, 0.15) is 54.6 Å². The van der Waals surface area contributed by atoms with E-state index in [-0.39, 0.29) is 29.7 Å². The SMILES string of the molecule is Cn1nccc1C(=O)N1CCCCCCNC(=O)[C@@H]2C[C@@H](C(=O)NCCc3c[nH]c4ccccc34)C[C@@H]21. The lowest BCUT2D eigenvalue weighted by Crippen LogP contribution is -2.47. The van der Waals surface area contributed by atoms with E-state index >= 15 is 0 Å². The molecule has 37 heavy (non-hydrogen) atoms. The van der Waals surface area contributed by atoms with Gasteiger partial charge in [0.1, 0.15) is 5.69 Å². The van der Waals surface area contributed by atoms with E-state index in [1.54, 1.807) is 24.0 Å². The number of carbonyl (C=O) groups is 3. The van der Waals surface area contributed by atoms with E-state index in [1.807, 2.05) is 29.3 Å². The van der Waals surface area contributed by atoms with Crippen molar-refractivity contribution in [2.75, 3.05) is 19.6 Å². The van der Waals surface area contributed by atoms with E-state index in [1.165, 1.54) is 10.9 Å². The Morgan fingerprint density at radius 2 is 1.95 bits per heavy atom. The molecule has 3 heterocycles. The Bertz CT molecular complexity index is 1260. The number of aromatic amines is 1. The van der Waals surface area contributed by atoms with Gasteiger partial charge in [0.25, 0.3) is 5.91 Å². The van der Waals surface area contributed by atoms with Crippen LogP contribution in [0.2, 0.25) is 0 Å². The molecule has 9 heteroatoms. The van der Waals surface area contributed by atoms with Crippen LogP contribution in [0.3, 0.4) is 0 Å². The van der Waals surface area contributed by atoms with Gasteiger partial charge in [-0.05, 0) is 49.8 Å². The summed E-state index contributed by atoms with van der Waals surface area (Å²) < 4.78 is 1.58. The van der Waals surface area contributed by atoms with E-state index in [0.717, 1.165) is 37.6 Å². The van der Waals surface area contributed by atoms with Crippen LogP contribution in [0.25, 0.3) is 10.9 Å². The molecule has 0 radical (unpaired) electrons. The minimum Gasteiger partial charge on any atom is -0.361 e. The van der Waals surface area contributed by atoms with Gasteiger partial charge in [-0.3, -0.25) is 19.1 Å². The summed E-state index contributed by atoms with van der Waals surface area (Å²) in [6.45, 7) is 1.74. The van der Waals surface area contributed by atoms with Crippen molar-refractivity contribution in [3.63, 3.8) is 0 Å². The number of nitrogens with one attached hydrogen (secondary N) is 3. The van der Waals surface area contributed by atoms with Crippen LogP contribution in [0.5, 0.6) is 0 Å². The average Bonchev–Trinajstić information content (AvgIpc) is 3.63. The van der Waals surface area contributed by atoms with Gasteiger partial charge in [0.05, 0.1) is 5.92 Å². The Kier molecular flexibility index (Phi) is 7.58. The number of nitrogens with zero attached hydrogens (tertiary/aromatic N) is 3. The van der Waals surface area contributed by atoms with Crippen molar-refractivity contribution in [2.24, 2.45) is 18.9 Å². The van der Waals surface area contributed by atoms with E-state index in [2.05, 4.69) is 26.8 Å².